The predicted molar refractivity (Wildman–Crippen MR) is 105 cm³/mol. The number of esters is 1. The van der Waals surface area contributed by atoms with Crippen LogP contribution in [0.2, 0.25) is 0 Å². The van der Waals surface area contributed by atoms with Crippen LogP contribution < -0.4 is 0 Å². The first kappa shape index (κ1) is 21.0. The molecule has 2 aliphatic rings. The van der Waals surface area contributed by atoms with Crippen LogP contribution in [0.3, 0.4) is 0 Å². The van der Waals surface area contributed by atoms with Crippen LogP contribution in [0, 0.1) is 5.82 Å². The van der Waals surface area contributed by atoms with Gasteiger partial charge in [-0.1, -0.05) is 12.1 Å². The minimum Gasteiger partial charge on any atom is -0.463 e. The molecule has 0 unspecified atom stereocenters. The van der Waals surface area contributed by atoms with E-state index in [1.807, 2.05) is 0 Å². The number of carbonyl (C=O) groups excluding carboxylic acids is 3. The summed E-state index contributed by atoms with van der Waals surface area (Å²) in [4.78, 5) is 41.4. The van der Waals surface area contributed by atoms with Crippen molar-refractivity contribution < 1.29 is 23.5 Å². The molecule has 0 bridgehead atoms. The Morgan fingerprint density at radius 1 is 1.21 bits per heavy atom. The first-order valence-electron chi connectivity index (χ1n) is 10.1. The van der Waals surface area contributed by atoms with Crippen molar-refractivity contribution in [2.24, 2.45) is 0 Å². The van der Waals surface area contributed by atoms with Gasteiger partial charge in [0.1, 0.15) is 12.4 Å². The number of likely N-dealkylation sites (tertiary alicyclic amines) is 1. The van der Waals surface area contributed by atoms with Crippen LogP contribution in [0.15, 0.2) is 35.5 Å². The summed E-state index contributed by atoms with van der Waals surface area (Å²) in [5.41, 5.74) is 1.26. The quantitative estimate of drug-likeness (QED) is 0.710. The van der Waals surface area contributed by atoms with E-state index in [0.29, 0.717) is 29.9 Å². The fourth-order valence-electron chi connectivity index (χ4n) is 4.06. The van der Waals surface area contributed by atoms with Gasteiger partial charge in [0.2, 0.25) is 11.8 Å². The van der Waals surface area contributed by atoms with E-state index < -0.39 is 17.7 Å². The van der Waals surface area contributed by atoms with Gasteiger partial charge in [-0.15, -0.1) is 0 Å². The minimum atomic E-state index is -0.599. The van der Waals surface area contributed by atoms with Crippen molar-refractivity contribution in [3.63, 3.8) is 0 Å². The number of ether oxygens (including phenoxy) is 1. The number of nitrogens with zero attached hydrogens (tertiary/aromatic N) is 2. The van der Waals surface area contributed by atoms with E-state index in [9.17, 15) is 18.8 Å². The molecule has 3 rings (SSSR count). The maximum Gasteiger partial charge on any atom is 0.336 e. The summed E-state index contributed by atoms with van der Waals surface area (Å²) in [5, 5.41) is 0. The van der Waals surface area contributed by atoms with Crippen molar-refractivity contribution in [1.82, 2.24) is 9.80 Å². The first-order chi connectivity index (χ1) is 13.9. The van der Waals surface area contributed by atoms with E-state index in [1.54, 1.807) is 30.9 Å². The third-order valence-electron chi connectivity index (χ3n) is 5.57. The van der Waals surface area contributed by atoms with Crippen molar-refractivity contribution >= 4 is 17.8 Å². The highest BCUT2D eigenvalue weighted by Gasteiger charge is 2.38. The SMILES string of the molecule is CCOC(=O)C1=C(C)N(CC(=O)N2CCCCC2)C(=O)C[C@H]1c1cccc(F)c1. The molecular weight excluding hydrogens is 375 g/mol. The summed E-state index contributed by atoms with van der Waals surface area (Å²) in [6.45, 7) is 4.84. The van der Waals surface area contributed by atoms with E-state index >= 15 is 0 Å². The van der Waals surface area contributed by atoms with Gasteiger partial charge in [-0.2, -0.15) is 0 Å². The van der Waals surface area contributed by atoms with E-state index in [-0.39, 0.29) is 31.4 Å². The molecule has 0 N–H and O–H groups in total. The fraction of sp³-hybridized carbons (Fsp3) is 0.500. The van der Waals surface area contributed by atoms with Crippen LogP contribution in [0.4, 0.5) is 4.39 Å². The number of benzene rings is 1. The topological polar surface area (TPSA) is 66.9 Å². The number of halogens is 1. The van der Waals surface area contributed by atoms with Crippen molar-refractivity contribution in [2.75, 3.05) is 26.2 Å². The highest BCUT2D eigenvalue weighted by Crippen LogP contribution is 2.37. The molecule has 156 valence electrons. The van der Waals surface area contributed by atoms with Crippen molar-refractivity contribution in [2.45, 2.75) is 45.4 Å². The highest BCUT2D eigenvalue weighted by atomic mass is 19.1. The minimum absolute atomic E-state index is 0.0117. The van der Waals surface area contributed by atoms with Crippen LogP contribution in [0.25, 0.3) is 0 Å². The van der Waals surface area contributed by atoms with E-state index in [4.69, 9.17) is 4.74 Å². The second-order valence-electron chi connectivity index (χ2n) is 7.45. The van der Waals surface area contributed by atoms with Crippen molar-refractivity contribution in [3.05, 3.63) is 46.9 Å². The second kappa shape index (κ2) is 9.20. The van der Waals surface area contributed by atoms with Gasteiger partial charge >= 0.3 is 5.97 Å². The van der Waals surface area contributed by atoms with Crippen LogP contribution in [-0.2, 0) is 19.1 Å². The van der Waals surface area contributed by atoms with Crippen LogP contribution in [0.5, 0.6) is 0 Å². The number of hydrogen-bond acceptors (Lipinski definition) is 4. The normalized spacial score (nSPS) is 20.1. The lowest BCUT2D eigenvalue weighted by Crippen LogP contribution is -2.46. The molecule has 0 spiro atoms. The molecule has 0 saturated carbocycles. The first-order valence-corrected chi connectivity index (χ1v) is 10.1. The van der Waals surface area contributed by atoms with Crippen molar-refractivity contribution in [3.8, 4) is 0 Å². The van der Waals surface area contributed by atoms with Gasteiger partial charge in [0, 0.05) is 31.1 Å². The Morgan fingerprint density at radius 3 is 2.59 bits per heavy atom. The van der Waals surface area contributed by atoms with Gasteiger partial charge in [0.05, 0.1) is 12.2 Å². The molecule has 2 aliphatic heterocycles. The number of amides is 2. The summed E-state index contributed by atoms with van der Waals surface area (Å²) >= 11 is 0. The van der Waals surface area contributed by atoms with Gasteiger partial charge in [-0.25, -0.2) is 9.18 Å². The standard InChI is InChI=1S/C22H27FN2O4/c1-3-29-22(28)21-15(2)25(14-20(27)24-10-5-4-6-11-24)19(26)13-18(21)16-8-7-9-17(23)12-16/h7-9,12,18H,3-6,10-11,13-14H2,1-2H3/t18-/m0/s1. The molecule has 2 heterocycles. The largest absolute Gasteiger partial charge is 0.463 e. The summed E-state index contributed by atoms with van der Waals surface area (Å²) < 4.78 is 19.0. The Balaban J connectivity index is 1.93. The third-order valence-corrected chi connectivity index (χ3v) is 5.57. The summed E-state index contributed by atoms with van der Waals surface area (Å²) in [6, 6.07) is 5.90. The third kappa shape index (κ3) is 4.66. The molecule has 6 nitrogen and oxygen atoms in total. The molecule has 0 aromatic heterocycles. The van der Waals surface area contributed by atoms with Gasteiger partial charge in [-0.05, 0) is 50.8 Å². The molecule has 0 radical (unpaired) electrons. The average molecular weight is 402 g/mol. The molecule has 1 atom stereocenters. The van der Waals surface area contributed by atoms with E-state index in [2.05, 4.69) is 0 Å². The van der Waals surface area contributed by atoms with Crippen molar-refractivity contribution in [1.29, 1.82) is 0 Å². The molecule has 1 aromatic rings. The Labute approximate surface area is 170 Å². The number of allylic oxidation sites excluding steroid dienone is 1. The predicted octanol–water partition coefficient (Wildman–Crippen LogP) is 2.99. The Morgan fingerprint density at radius 2 is 1.93 bits per heavy atom. The van der Waals surface area contributed by atoms with Gasteiger partial charge in [0.15, 0.2) is 0 Å². The van der Waals surface area contributed by atoms with E-state index in [1.165, 1.54) is 17.0 Å². The average Bonchev–Trinajstić information content (AvgIpc) is 2.71. The molecule has 29 heavy (non-hydrogen) atoms. The fourth-order valence-corrected chi connectivity index (χ4v) is 4.06. The van der Waals surface area contributed by atoms with Crippen LogP contribution in [-0.4, -0.2) is 53.8 Å². The lowest BCUT2D eigenvalue weighted by atomic mass is 9.83. The lowest BCUT2D eigenvalue weighted by molar-refractivity contribution is -0.142. The number of hydrogen-bond donors (Lipinski definition) is 0. The summed E-state index contributed by atoms with van der Waals surface area (Å²) in [6.07, 6.45) is 3.02. The molecule has 1 fully saturated rings. The summed E-state index contributed by atoms with van der Waals surface area (Å²) in [5.74, 6) is -1.95. The zero-order valence-electron chi connectivity index (χ0n) is 16.9. The van der Waals surface area contributed by atoms with E-state index in [0.717, 1.165) is 19.3 Å². The monoisotopic (exact) mass is 402 g/mol. The molecule has 7 heteroatoms. The maximum absolute atomic E-state index is 13.8. The number of piperidine rings is 1. The second-order valence-corrected chi connectivity index (χ2v) is 7.45. The highest BCUT2D eigenvalue weighted by molar-refractivity contribution is 5.97. The maximum atomic E-state index is 13.8. The smallest absolute Gasteiger partial charge is 0.336 e. The van der Waals surface area contributed by atoms with Gasteiger partial charge in [-0.3, -0.25) is 9.59 Å². The Hall–Kier alpha value is -2.70. The molecule has 1 aromatic carbocycles. The molecule has 0 aliphatic carbocycles. The lowest BCUT2D eigenvalue weighted by Gasteiger charge is -2.36. The van der Waals surface area contributed by atoms with Gasteiger partial charge in [0.25, 0.3) is 0 Å². The number of carbonyl (C=O) groups is 3. The molecule has 1 saturated heterocycles. The molecular formula is C22H27FN2O4. The van der Waals surface area contributed by atoms with Crippen LogP contribution >= 0.6 is 0 Å². The summed E-state index contributed by atoms with van der Waals surface area (Å²) in [7, 11) is 0. The molecule has 2 amide bonds. The zero-order valence-corrected chi connectivity index (χ0v) is 16.9. The Kier molecular flexibility index (Phi) is 6.67. The van der Waals surface area contributed by atoms with Crippen LogP contribution in [0.1, 0.15) is 51.0 Å². The Bertz CT molecular complexity index is 830. The van der Waals surface area contributed by atoms with Gasteiger partial charge < -0.3 is 14.5 Å². The zero-order chi connectivity index (χ0) is 21.0. The number of rotatable bonds is 5.